The van der Waals surface area contributed by atoms with E-state index in [4.69, 9.17) is 0 Å². The molecule has 0 atom stereocenters. The highest BCUT2D eigenvalue weighted by molar-refractivity contribution is 5.80. The van der Waals surface area contributed by atoms with Gasteiger partial charge in [0, 0.05) is 12.8 Å². The van der Waals surface area contributed by atoms with Crippen LogP contribution in [0.4, 0.5) is 0 Å². The van der Waals surface area contributed by atoms with E-state index in [2.05, 4.69) is 32.1 Å². The van der Waals surface area contributed by atoms with E-state index in [-0.39, 0.29) is 11.3 Å². The van der Waals surface area contributed by atoms with Crippen molar-refractivity contribution in [3.8, 4) is 0 Å². The van der Waals surface area contributed by atoms with E-state index in [1.807, 2.05) is 13.8 Å². The van der Waals surface area contributed by atoms with E-state index in [1.54, 1.807) is 0 Å². The fourth-order valence-electron chi connectivity index (χ4n) is 1.47. The molecule has 0 saturated heterocycles. The molecule has 0 spiro atoms. The number of hydrogen-bond donors (Lipinski definition) is 0. The average Bonchev–Trinajstić information content (AvgIpc) is 2.24. The lowest BCUT2D eigenvalue weighted by molar-refractivity contribution is -0.118. The molecule has 0 saturated carbocycles. The van der Waals surface area contributed by atoms with Crippen LogP contribution in [0.5, 0.6) is 0 Å². The van der Waals surface area contributed by atoms with Gasteiger partial charge < -0.3 is 0 Å². The minimum absolute atomic E-state index is 0.186. The molecule has 0 N–H and O–H groups in total. The third-order valence-electron chi connectivity index (χ3n) is 2.97. The van der Waals surface area contributed by atoms with Gasteiger partial charge >= 0.3 is 0 Å². The molecule has 0 fully saturated rings. The lowest BCUT2D eigenvalue weighted by Gasteiger charge is -2.18. The topological polar surface area (TPSA) is 29.4 Å². The van der Waals surface area contributed by atoms with E-state index < -0.39 is 0 Å². The average molecular weight is 237 g/mol. The summed E-state index contributed by atoms with van der Waals surface area (Å²) in [4.78, 5) is 15.7. The van der Waals surface area contributed by atoms with E-state index >= 15 is 0 Å². The van der Waals surface area contributed by atoms with Crippen LogP contribution in [-0.2, 0) is 4.79 Å². The van der Waals surface area contributed by atoms with Crippen LogP contribution in [0.1, 0.15) is 59.8 Å². The van der Waals surface area contributed by atoms with Crippen molar-refractivity contribution in [1.82, 2.24) is 0 Å². The summed E-state index contributed by atoms with van der Waals surface area (Å²) in [5, 5.41) is 0. The molecule has 98 valence electrons. The van der Waals surface area contributed by atoms with Crippen LogP contribution >= 0.6 is 0 Å². The Morgan fingerprint density at radius 1 is 1.29 bits per heavy atom. The summed E-state index contributed by atoms with van der Waals surface area (Å²) in [5.41, 5.74) is 0.877. The SMILES string of the molecule is C=NC(C)(C)CCC(=O)CC(=C)CCC(C)C. The molecule has 0 aliphatic carbocycles. The second-order valence-corrected chi connectivity index (χ2v) is 5.87. The minimum atomic E-state index is -0.186. The zero-order valence-electron chi connectivity index (χ0n) is 11.9. The highest BCUT2D eigenvalue weighted by atomic mass is 16.1. The zero-order valence-corrected chi connectivity index (χ0v) is 11.9. The molecule has 0 aromatic heterocycles. The zero-order chi connectivity index (χ0) is 13.5. The molecular weight excluding hydrogens is 210 g/mol. The number of carbonyl (C=O) groups excluding carboxylic acids is 1. The molecule has 0 rings (SSSR count). The highest BCUT2D eigenvalue weighted by Gasteiger charge is 2.16. The number of hydrogen-bond acceptors (Lipinski definition) is 2. The van der Waals surface area contributed by atoms with Crippen LogP contribution < -0.4 is 0 Å². The smallest absolute Gasteiger partial charge is 0.137 e. The monoisotopic (exact) mass is 237 g/mol. The molecule has 0 heterocycles. The van der Waals surface area contributed by atoms with Crippen molar-refractivity contribution in [2.24, 2.45) is 10.9 Å². The first-order valence-electron chi connectivity index (χ1n) is 6.43. The molecule has 17 heavy (non-hydrogen) atoms. The van der Waals surface area contributed by atoms with Gasteiger partial charge in [0.25, 0.3) is 0 Å². The van der Waals surface area contributed by atoms with Gasteiger partial charge in [-0.25, -0.2) is 0 Å². The van der Waals surface area contributed by atoms with E-state index in [0.29, 0.717) is 18.8 Å². The normalized spacial score (nSPS) is 11.6. The van der Waals surface area contributed by atoms with Crippen molar-refractivity contribution >= 4 is 12.5 Å². The lowest BCUT2D eigenvalue weighted by Crippen LogP contribution is -2.17. The summed E-state index contributed by atoms with van der Waals surface area (Å²) < 4.78 is 0. The van der Waals surface area contributed by atoms with Gasteiger partial charge in [-0.05, 0) is 45.7 Å². The number of ketones is 1. The Morgan fingerprint density at radius 3 is 2.35 bits per heavy atom. The Hall–Kier alpha value is -0.920. The Labute approximate surface area is 106 Å². The van der Waals surface area contributed by atoms with Crippen LogP contribution in [0.15, 0.2) is 17.1 Å². The third-order valence-corrected chi connectivity index (χ3v) is 2.97. The minimum Gasteiger partial charge on any atom is -0.299 e. The lowest BCUT2D eigenvalue weighted by atomic mass is 9.94. The van der Waals surface area contributed by atoms with Crippen LogP contribution in [0.25, 0.3) is 0 Å². The molecule has 0 aromatic rings. The molecule has 0 aliphatic rings. The van der Waals surface area contributed by atoms with Gasteiger partial charge in [-0.15, -0.1) is 0 Å². The fraction of sp³-hybridized carbons (Fsp3) is 0.733. The Bertz CT molecular complexity index is 277. The first kappa shape index (κ1) is 16.1. The van der Waals surface area contributed by atoms with E-state index in [0.717, 1.165) is 24.8 Å². The van der Waals surface area contributed by atoms with Crippen LogP contribution in [0.3, 0.4) is 0 Å². The van der Waals surface area contributed by atoms with Gasteiger partial charge in [0.1, 0.15) is 5.78 Å². The number of nitrogens with zero attached hydrogens (tertiary/aromatic N) is 1. The van der Waals surface area contributed by atoms with Crippen molar-refractivity contribution < 1.29 is 4.79 Å². The molecule has 0 aliphatic heterocycles. The second-order valence-electron chi connectivity index (χ2n) is 5.87. The number of carbonyl (C=O) groups is 1. The van der Waals surface area contributed by atoms with Crippen molar-refractivity contribution in [3.63, 3.8) is 0 Å². The van der Waals surface area contributed by atoms with Gasteiger partial charge in [-0.3, -0.25) is 9.79 Å². The number of allylic oxidation sites excluding steroid dienone is 1. The molecule has 2 heteroatoms. The summed E-state index contributed by atoms with van der Waals surface area (Å²) >= 11 is 0. The van der Waals surface area contributed by atoms with Gasteiger partial charge in [0.05, 0.1) is 5.54 Å². The van der Waals surface area contributed by atoms with Gasteiger partial charge in [0.2, 0.25) is 0 Å². The van der Waals surface area contributed by atoms with Crippen molar-refractivity contribution in [3.05, 3.63) is 12.2 Å². The number of rotatable bonds is 9. The standard InChI is InChI=1S/C15H27NO/c1-12(2)7-8-13(3)11-14(17)9-10-15(4,5)16-6/h12H,3,6-11H2,1-2,4-5H3. The van der Waals surface area contributed by atoms with Gasteiger partial charge in [-0.1, -0.05) is 26.0 Å². The first-order valence-corrected chi connectivity index (χ1v) is 6.43. The summed E-state index contributed by atoms with van der Waals surface area (Å²) in [6.07, 6.45) is 3.96. The molecule has 0 bridgehead atoms. The maximum Gasteiger partial charge on any atom is 0.137 e. The van der Waals surface area contributed by atoms with E-state index in [1.165, 1.54) is 0 Å². The van der Waals surface area contributed by atoms with Crippen molar-refractivity contribution in [2.45, 2.75) is 65.3 Å². The van der Waals surface area contributed by atoms with Gasteiger partial charge in [-0.2, -0.15) is 0 Å². The van der Waals surface area contributed by atoms with Crippen LogP contribution in [0, 0.1) is 5.92 Å². The number of Topliss-reactive ketones (excluding diaryl/α,β-unsaturated/α-hetero) is 1. The van der Waals surface area contributed by atoms with E-state index in [9.17, 15) is 4.79 Å². The Balaban J connectivity index is 3.86. The molecule has 0 aromatic carbocycles. The van der Waals surface area contributed by atoms with Gasteiger partial charge in [0.15, 0.2) is 0 Å². The quantitative estimate of drug-likeness (QED) is 0.436. The largest absolute Gasteiger partial charge is 0.299 e. The summed E-state index contributed by atoms with van der Waals surface area (Å²) in [5.74, 6) is 0.946. The first-order chi connectivity index (χ1) is 7.76. The third kappa shape index (κ3) is 8.84. The molecule has 0 amide bonds. The predicted molar refractivity (Wildman–Crippen MR) is 75.7 cm³/mol. The maximum absolute atomic E-state index is 11.7. The Morgan fingerprint density at radius 2 is 1.88 bits per heavy atom. The number of aliphatic imine (C=N–C) groups is 1. The Kier molecular flexibility index (Phi) is 7.01. The fourth-order valence-corrected chi connectivity index (χ4v) is 1.47. The molecule has 0 radical (unpaired) electrons. The molecular formula is C15H27NO. The highest BCUT2D eigenvalue weighted by Crippen LogP contribution is 2.19. The second kappa shape index (κ2) is 7.41. The van der Waals surface area contributed by atoms with Crippen molar-refractivity contribution in [1.29, 1.82) is 0 Å². The predicted octanol–water partition coefficient (Wildman–Crippen LogP) is 4.20. The summed E-state index contributed by atoms with van der Waals surface area (Å²) in [6, 6.07) is 0. The molecule has 2 nitrogen and oxygen atoms in total. The summed E-state index contributed by atoms with van der Waals surface area (Å²) in [7, 11) is 0. The van der Waals surface area contributed by atoms with Crippen LogP contribution in [0.2, 0.25) is 0 Å². The van der Waals surface area contributed by atoms with Crippen LogP contribution in [-0.4, -0.2) is 18.0 Å². The maximum atomic E-state index is 11.7. The van der Waals surface area contributed by atoms with Crippen molar-refractivity contribution in [2.75, 3.05) is 0 Å². The summed E-state index contributed by atoms with van der Waals surface area (Å²) in [6.45, 7) is 15.9. The molecule has 0 unspecified atom stereocenters.